The minimum atomic E-state index is -0.254. The molecule has 2 aromatic rings. The maximum atomic E-state index is 14.0. The Morgan fingerprint density at radius 3 is 2.67 bits per heavy atom. The molecule has 1 aromatic heterocycles. The number of halogens is 4. The zero-order valence-corrected chi connectivity index (χ0v) is 16.2. The van der Waals surface area contributed by atoms with Crippen molar-refractivity contribution in [2.45, 2.75) is 25.8 Å². The summed E-state index contributed by atoms with van der Waals surface area (Å²) in [5, 5.41) is 3.91. The van der Waals surface area contributed by atoms with Gasteiger partial charge in [0.05, 0.1) is 7.57 Å². The van der Waals surface area contributed by atoms with E-state index in [-0.39, 0.29) is 11.9 Å². The summed E-state index contributed by atoms with van der Waals surface area (Å²) in [7, 11) is 0. The Balaban J connectivity index is 2.26. The van der Waals surface area contributed by atoms with Crippen molar-refractivity contribution >= 4 is 54.8 Å². The van der Waals surface area contributed by atoms with Gasteiger partial charge in [0.15, 0.2) is 0 Å². The molecule has 0 radical (unpaired) electrons. The van der Waals surface area contributed by atoms with E-state index in [4.69, 9.17) is 11.6 Å². The number of nitrogens with one attached hydrogen (secondary N) is 1. The molecule has 1 heterocycles. The molecule has 1 N–H and O–H groups in total. The third kappa shape index (κ3) is 4.76. The molecule has 0 amide bonds. The van der Waals surface area contributed by atoms with Crippen LogP contribution in [0.1, 0.15) is 30.5 Å². The van der Waals surface area contributed by atoms with Gasteiger partial charge in [0.2, 0.25) is 0 Å². The molecule has 0 aliphatic carbocycles. The van der Waals surface area contributed by atoms with E-state index in [0.717, 1.165) is 26.1 Å². The Labute approximate surface area is 150 Å². The van der Waals surface area contributed by atoms with Crippen molar-refractivity contribution in [3.63, 3.8) is 0 Å². The van der Waals surface area contributed by atoms with Crippen molar-refractivity contribution in [3.05, 3.63) is 53.8 Å². The van der Waals surface area contributed by atoms with E-state index in [2.05, 4.69) is 50.2 Å². The summed E-state index contributed by atoms with van der Waals surface area (Å²) in [6, 6.07) is 7.00. The zero-order chi connectivity index (χ0) is 15.4. The van der Waals surface area contributed by atoms with Crippen LogP contribution in [0.25, 0.3) is 0 Å². The highest BCUT2D eigenvalue weighted by Crippen LogP contribution is 2.37. The van der Waals surface area contributed by atoms with E-state index in [1.165, 1.54) is 6.07 Å². The summed E-state index contributed by atoms with van der Waals surface area (Å²) in [4.78, 5) is 0. The SMILES string of the molecule is CCCNC(Cc1ccc(Cl)cc1F)c1cc(Br)sc1Br. The van der Waals surface area contributed by atoms with E-state index < -0.39 is 0 Å². The molecule has 0 aliphatic heterocycles. The lowest BCUT2D eigenvalue weighted by atomic mass is 10.0. The van der Waals surface area contributed by atoms with Gasteiger partial charge in [-0.3, -0.25) is 0 Å². The Bertz CT molecular complexity index is 618. The zero-order valence-electron chi connectivity index (χ0n) is 11.4. The molecule has 0 aliphatic rings. The van der Waals surface area contributed by atoms with Crippen LogP contribution in [0.4, 0.5) is 4.39 Å². The quantitative estimate of drug-likeness (QED) is 0.535. The monoisotopic (exact) mass is 453 g/mol. The fourth-order valence-electron chi connectivity index (χ4n) is 2.11. The first-order chi connectivity index (χ1) is 10.0. The Kier molecular flexibility index (Phi) is 6.69. The average molecular weight is 456 g/mol. The van der Waals surface area contributed by atoms with E-state index in [1.807, 2.05) is 0 Å². The van der Waals surface area contributed by atoms with Crippen LogP contribution in [0.2, 0.25) is 5.02 Å². The molecular weight excluding hydrogens is 440 g/mol. The topological polar surface area (TPSA) is 12.0 Å². The van der Waals surface area contributed by atoms with Gasteiger partial charge in [-0.1, -0.05) is 24.6 Å². The third-order valence-corrected chi connectivity index (χ3v) is 5.76. The van der Waals surface area contributed by atoms with Gasteiger partial charge < -0.3 is 5.32 Å². The molecule has 0 fully saturated rings. The van der Waals surface area contributed by atoms with Crippen LogP contribution in [0.15, 0.2) is 31.8 Å². The first kappa shape index (κ1) is 17.4. The van der Waals surface area contributed by atoms with Crippen LogP contribution in [0.5, 0.6) is 0 Å². The van der Waals surface area contributed by atoms with Crippen LogP contribution in [-0.4, -0.2) is 6.54 Å². The minimum absolute atomic E-state index is 0.0672. The van der Waals surface area contributed by atoms with Crippen molar-refractivity contribution in [2.24, 2.45) is 0 Å². The predicted molar refractivity (Wildman–Crippen MR) is 95.9 cm³/mol. The first-order valence-corrected chi connectivity index (χ1v) is 9.41. The Hall–Kier alpha value is 0.0600. The molecule has 6 heteroatoms. The molecule has 0 saturated carbocycles. The molecule has 1 atom stereocenters. The number of hydrogen-bond acceptors (Lipinski definition) is 2. The second-order valence-corrected chi connectivity index (χ2v) is 8.91. The summed E-state index contributed by atoms with van der Waals surface area (Å²) in [6.45, 7) is 3.01. The van der Waals surface area contributed by atoms with E-state index in [9.17, 15) is 4.39 Å². The van der Waals surface area contributed by atoms with Crippen molar-refractivity contribution in [3.8, 4) is 0 Å². The highest BCUT2D eigenvalue weighted by atomic mass is 79.9. The van der Waals surface area contributed by atoms with Crippen LogP contribution in [0.3, 0.4) is 0 Å². The third-order valence-electron chi connectivity index (χ3n) is 3.14. The molecule has 21 heavy (non-hydrogen) atoms. The number of hydrogen-bond donors (Lipinski definition) is 1. The summed E-state index contributed by atoms with van der Waals surface area (Å²) >= 11 is 14.5. The lowest BCUT2D eigenvalue weighted by molar-refractivity contribution is 0.513. The maximum absolute atomic E-state index is 14.0. The fourth-order valence-corrected chi connectivity index (χ4v) is 5.24. The number of benzene rings is 1. The smallest absolute Gasteiger partial charge is 0.127 e. The summed E-state index contributed by atoms with van der Waals surface area (Å²) in [6.07, 6.45) is 1.62. The highest BCUT2D eigenvalue weighted by molar-refractivity contribution is 9.12. The van der Waals surface area contributed by atoms with Crippen molar-refractivity contribution in [2.75, 3.05) is 6.54 Å². The fraction of sp³-hybridized carbons (Fsp3) is 0.333. The first-order valence-electron chi connectivity index (χ1n) is 6.63. The van der Waals surface area contributed by atoms with Crippen LogP contribution < -0.4 is 5.32 Å². The van der Waals surface area contributed by atoms with Gasteiger partial charge in [-0.15, -0.1) is 11.3 Å². The van der Waals surface area contributed by atoms with Crippen LogP contribution >= 0.6 is 54.8 Å². The molecule has 0 bridgehead atoms. The van der Waals surface area contributed by atoms with Gasteiger partial charge in [-0.25, -0.2) is 4.39 Å². The molecular formula is C15H15Br2ClFNS. The molecule has 2 rings (SSSR count). The normalized spacial score (nSPS) is 12.6. The molecule has 1 unspecified atom stereocenters. The molecule has 1 aromatic carbocycles. The summed E-state index contributed by atoms with van der Waals surface area (Å²) in [5.41, 5.74) is 1.82. The summed E-state index contributed by atoms with van der Waals surface area (Å²) < 4.78 is 16.2. The highest BCUT2D eigenvalue weighted by Gasteiger charge is 2.19. The largest absolute Gasteiger partial charge is 0.310 e. The van der Waals surface area contributed by atoms with Crippen molar-refractivity contribution in [1.82, 2.24) is 5.32 Å². The molecule has 114 valence electrons. The van der Waals surface area contributed by atoms with Gasteiger partial charge in [-0.05, 0) is 80.6 Å². The van der Waals surface area contributed by atoms with Gasteiger partial charge in [-0.2, -0.15) is 0 Å². The average Bonchev–Trinajstić information content (AvgIpc) is 2.76. The number of rotatable bonds is 6. The lowest BCUT2D eigenvalue weighted by Gasteiger charge is -2.19. The molecule has 0 saturated heterocycles. The summed E-state index contributed by atoms with van der Waals surface area (Å²) in [5.74, 6) is -0.254. The van der Waals surface area contributed by atoms with Gasteiger partial charge in [0.25, 0.3) is 0 Å². The van der Waals surface area contributed by atoms with E-state index in [1.54, 1.807) is 23.5 Å². The van der Waals surface area contributed by atoms with Gasteiger partial charge in [0.1, 0.15) is 5.82 Å². The van der Waals surface area contributed by atoms with Crippen molar-refractivity contribution in [1.29, 1.82) is 0 Å². The standard InChI is InChI=1S/C15H15Br2ClFNS/c1-2-5-20-13(11-8-14(16)21-15(11)17)6-9-3-4-10(18)7-12(9)19/h3-4,7-8,13,20H,2,5-6H2,1H3. The Morgan fingerprint density at radius 1 is 1.33 bits per heavy atom. The molecule has 0 spiro atoms. The second-order valence-electron chi connectivity index (χ2n) is 4.73. The minimum Gasteiger partial charge on any atom is -0.310 e. The van der Waals surface area contributed by atoms with Crippen LogP contribution in [-0.2, 0) is 6.42 Å². The number of thiophene rings is 1. The molecule has 1 nitrogen and oxygen atoms in total. The second kappa shape index (κ2) is 8.06. The predicted octanol–water partition coefficient (Wildman–Crippen LogP) is 6.35. The van der Waals surface area contributed by atoms with E-state index in [0.29, 0.717) is 17.0 Å². The van der Waals surface area contributed by atoms with Gasteiger partial charge >= 0.3 is 0 Å². The van der Waals surface area contributed by atoms with Gasteiger partial charge in [0, 0.05) is 11.1 Å². The Morgan fingerprint density at radius 2 is 2.10 bits per heavy atom. The van der Waals surface area contributed by atoms with Crippen LogP contribution in [0, 0.1) is 5.82 Å². The van der Waals surface area contributed by atoms with E-state index >= 15 is 0 Å². The van der Waals surface area contributed by atoms with Crippen molar-refractivity contribution < 1.29 is 4.39 Å². The lowest BCUT2D eigenvalue weighted by Crippen LogP contribution is -2.24. The maximum Gasteiger partial charge on any atom is 0.127 e.